The average Bonchev–Trinajstić information content (AvgIpc) is 3.12. The van der Waals surface area contributed by atoms with Gasteiger partial charge in [-0.2, -0.15) is 0 Å². The van der Waals surface area contributed by atoms with Gasteiger partial charge < -0.3 is 14.4 Å². The third kappa shape index (κ3) is 2.80. The lowest BCUT2D eigenvalue weighted by atomic mass is 9.92. The minimum Gasteiger partial charge on any atom is -0.494 e. The van der Waals surface area contributed by atoms with Gasteiger partial charge in [-0.15, -0.1) is 20.4 Å². The Kier molecular flexibility index (Phi) is 4.03. The Morgan fingerprint density at radius 2 is 2.00 bits per heavy atom. The summed E-state index contributed by atoms with van der Waals surface area (Å²) in [6, 6.07) is 3.92. The van der Waals surface area contributed by atoms with Gasteiger partial charge in [0.15, 0.2) is 5.69 Å². The number of benzene rings is 1. The molecule has 0 spiro atoms. The molecule has 0 saturated heterocycles. The van der Waals surface area contributed by atoms with E-state index in [-0.39, 0.29) is 11.4 Å². The summed E-state index contributed by atoms with van der Waals surface area (Å²) in [5.74, 6) is 0.825. The Bertz CT molecular complexity index is 1110. The quantitative estimate of drug-likeness (QED) is 0.605. The van der Waals surface area contributed by atoms with E-state index in [1.165, 1.54) is 11.3 Å². The van der Waals surface area contributed by atoms with Gasteiger partial charge in [0.25, 0.3) is 5.13 Å². The molecule has 8 heteroatoms. The summed E-state index contributed by atoms with van der Waals surface area (Å²) in [5.41, 5.74) is 3.12. The maximum Gasteiger partial charge on any atom is 0.251 e. The molecule has 0 amide bonds. The Morgan fingerprint density at radius 3 is 2.67 bits per heavy atom. The van der Waals surface area contributed by atoms with Crippen LogP contribution < -0.4 is 4.74 Å². The van der Waals surface area contributed by atoms with Crippen LogP contribution in [0.3, 0.4) is 0 Å². The predicted octanol–water partition coefficient (Wildman–Crippen LogP) is 5.47. The lowest BCUT2D eigenvalue weighted by molar-refractivity contribution is 0.340. The molecule has 3 heterocycles. The number of hydrogen-bond acceptors (Lipinski definition) is 7. The first-order valence-corrected chi connectivity index (χ1v) is 9.60. The Hall–Kier alpha value is -2.74. The van der Waals surface area contributed by atoms with Crippen molar-refractivity contribution in [1.82, 2.24) is 14.8 Å². The molecule has 1 aromatic carbocycles. The molecule has 1 aliphatic heterocycles. The molecular formula is C19H21N5O2S. The molecular weight excluding hydrogens is 362 g/mol. The molecule has 0 radical (unpaired) electrons. The molecule has 27 heavy (non-hydrogen) atoms. The fourth-order valence-electron chi connectivity index (χ4n) is 3.66. The van der Waals surface area contributed by atoms with Gasteiger partial charge in [0.2, 0.25) is 5.88 Å². The second kappa shape index (κ2) is 6.16. The van der Waals surface area contributed by atoms with Crippen molar-refractivity contribution < 1.29 is 9.84 Å². The van der Waals surface area contributed by atoms with Gasteiger partial charge >= 0.3 is 0 Å². The summed E-state index contributed by atoms with van der Waals surface area (Å²) in [7, 11) is 0. The van der Waals surface area contributed by atoms with Crippen molar-refractivity contribution in [3.63, 3.8) is 0 Å². The summed E-state index contributed by atoms with van der Waals surface area (Å²) >= 11 is 1.35. The normalized spacial score (nSPS) is 15.5. The number of azo groups is 1. The second-order valence-corrected chi connectivity index (χ2v) is 8.25. The maximum atomic E-state index is 11.0. The smallest absolute Gasteiger partial charge is 0.251 e. The zero-order valence-corrected chi connectivity index (χ0v) is 16.8. The fraction of sp³-hybridized carbons (Fsp3) is 0.368. The Labute approximate surface area is 161 Å². The molecule has 0 aliphatic carbocycles. The molecule has 140 valence electrons. The van der Waals surface area contributed by atoms with Crippen LogP contribution in [-0.4, -0.2) is 26.5 Å². The molecule has 0 unspecified atom stereocenters. The van der Waals surface area contributed by atoms with Crippen LogP contribution in [0.1, 0.15) is 38.3 Å². The highest BCUT2D eigenvalue weighted by Crippen LogP contribution is 2.49. The van der Waals surface area contributed by atoms with Crippen LogP contribution >= 0.6 is 11.3 Å². The van der Waals surface area contributed by atoms with E-state index < -0.39 is 0 Å². The van der Waals surface area contributed by atoms with Crippen molar-refractivity contribution in [2.24, 2.45) is 10.2 Å². The van der Waals surface area contributed by atoms with E-state index in [1.807, 2.05) is 30.5 Å². The van der Waals surface area contributed by atoms with E-state index in [1.54, 1.807) is 0 Å². The number of nitrogens with zero attached hydrogens (tertiary/aromatic N) is 5. The predicted molar refractivity (Wildman–Crippen MR) is 107 cm³/mol. The number of aromatic nitrogens is 3. The van der Waals surface area contributed by atoms with E-state index in [4.69, 9.17) is 4.74 Å². The molecule has 0 saturated carbocycles. The molecule has 1 aliphatic rings. The lowest BCUT2D eigenvalue weighted by Gasteiger charge is -2.31. The third-order valence-corrected chi connectivity index (χ3v) is 5.34. The summed E-state index contributed by atoms with van der Waals surface area (Å²) in [5, 5.41) is 29.5. The fourth-order valence-corrected chi connectivity index (χ4v) is 4.17. The molecule has 0 atom stereocenters. The number of ether oxygens (including phenoxy) is 1. The minimum atomic E-state index is -0.389. The van der Waals surface area contributed by atoms with Crippen LogP contribution in [0.2, 0.25) is 0 Å². The summed E-state index contributed by atoms with van der Waals surface area (Å²) in [4.78, 5) is 0. The average molecular weight is 383 g/mol. The zero-order chi connectivity index (χ0) is 19.3. The molecule has 0 fully saturated rings. The largest absolute Gasteiger partial charge is 0.494 e. The van der Waals surface area contributed by atoms with Crippen molar-refractivity contribution in [2.45, 2.75) is 40.2 Å². The van der Waals surface area contributed by atoms with Crippen LogP contribution in [-0.2, 0) is 5.54 Å². The summed E-state index contributed by atoms with van der Waals surface area (Å²) in [6.45, 7) is 10.6. The monoisotopic (exact) mass is 383 g/mol. The maximum absolute atomic E-state index is 11.0. The number of allylic oxidation sites excluding steroid dienone is 2. The first-order valence-electron chi connectivity index (χ1n) is 8.78. The second-order valence-electron chi connectivity index (χ2n) is 7.09. The van der Waals surface area contributed by atoms with E-state index in [2.05, 4.69) is 47.3 Å². The van der Waals surface area contributed by atoms with Crippen molar-refractivity contribution >= 4 is 38.6 Å². The number of aromatic hydroxyl groups is 1. The Morgan fingerprint density at radius 1 is 1.22 bits per heavy atom. The van der Waals surface area contributed by atoms with Crippen LogP contribution in [0.4, 0.5) is 10.8 Å². The highest BCUT2D eigenvalue weighted by molar-refractivity contribution is 7.14. The first-order chi connectivity index (χ1) is 12.8. The highest BCUT2D eigenvalue weighted by atomic mass is 32.1. The summed E-state index contributed by atoms with van der Waals surface area (Å²) in [6.07, 6.45) is 2.14. The first kappa shape index (κ1) is 17.7. The third-order valence-electron chi connectivity index (χ3n) is 4.62. The van der Waals surface area contributed by atoms with Gasteiger partial charge in [0.05, 0.1) is 17.7 Å². The van der Waals surface area contributed by atoms with E-state index >= 15 is 0 Å². The van der Waals surface area contributed by atoms with Crippen LogP contribution in [0, 0.1) is 6.92 Å². The lowest BCUT2D eigenvalue weighted by Crippen LogP contribution is -2.26. The van der Waals surface area contributed by atoms with Crippen molar-refractivity contribution in [3.8, 4) is 11.6 Å². The number of hydrogen-bond donors (Lipinski definition) is 1. The van der Waals surface area contributed by atoms with Gasteiger partial charge in [-0.25, -0.2) is 0 Å². The Balaban J connectivity index is 1.99. The number of aryl methyl sites for hydroxylation is 1. The van der Waals surface area contributed by atoms with Gasteiger partial charge in [-0.1, -0.05) is 17.4 Å². The zero-order valence-electron chi connectivity index (χ0n) is 15.9. The molecule has 0 bridgehead atoms. The molecule has 2 aromatic heterocycles. The van der Waals surface area contributed by atoms with Crippen LogP contribution in [0.25, 0.3) is 16.5 Å². The molecule has 3 aromatic rings. The van der Waals surface area contributed by atoms with E-state index in [9.17, 15) is 5.11 Å². The van der Waals surface area contributed by atoms with Gasteiger partial charge in [0, 0.05) is 10.9 Å². The molecule has 4 rings (SSSR count). The molecule has 1 N–H and O–H groups in total. The number of rotatable bonds is 4. The van der Waals surface area contributed by atoms with Crippen molar-refractivity contribution in [3.05, 3.63) is 28.8 Å². The minimum absolute atomic E-state index is 0.0821. The van der Waals surface area contributed by atoms with Gasteiger partial charge in [-0.05, 0) is 52.3 Å². The van der Waals surface area contributed by atoms with Gasteiger partial charge in [-0.3, -0.25) is 0 Å². The van der Waals surface area contributed by atoms with Crippen LogP contribution in [0.5, 0.6) is 11.6 Å². The standard InChI is InChI=1S/C19H21N5O2S/c1-6-26-12-7-13-10(2)9-19(4,5)24-16(13)14(8-12)15(17(24)25)21-23-18-22-20-11(3)27-18/h7-9,25H,6H2,1-5H3. The molecule has 7 nitrogen and oxygen atoms in total. The SMILES string of the molecule is CCOc1cc2c3c(c1)c(N=Nc1nnc(C)s1)c(O)n3C(C)(C)C=C2C. The summed E-state index contributed by atoms with van der Waals surface area (Å²) < 4.78 is 7.64. The van der Waals surface area contributed by atoms with Crippen molar-refractivity contribution in [2.75, 3.05) is 6.61 Å². The van der Waals surface area contributed by atoms with E-state index in [0.29, 0.717) is 17.4 Å². The van der Waals surface area contributed by atoms with E-state index in [0.717, 1.165) is 32.8 Å². The van der Waals surface area contributed by atoms with Crippen molar-refractivity contribution in [1.29, 1.82) is 0 Å². The van der Waals surface area contributed by atoms with Gasteiger partial charge in [0.1, 0.15) is 10.8 Å². The highest BCUT2D eigenvalue weighted by Gasteiger charge is 2.32. The topological polar surface area (TPSA) is 84.9 Å². The van der Waals surface area contributed by atoms with Crippen LogP contribution in [0.15, 0.2) is 28.4 Å².